The normalized spacial score (nSPS) is 26.8. The third-order valence-corrected chi connectivity index (χ3v) is 4.40. The van der Waals surface area contributed by atoms with Crippen LogP contribution in [0.4, 0.5) is 0 Å². The van der Waals surface area contributed by atoms with E-state index in [4.69, 9.17) is 10.9 Å². The van der Waals surface area contributed by atoms with Gasteiger partial charge in [0.15, 0.2) is 5.84 Å². The molecule has 0 spiro atoms. The van der Waals surface area contributed by atoms with Crippen LogP contribution in [0.5, 0.6) is 0 Å². The van der Waals surface area contributed by atoms with E-state index < -0.39 is 0 Å². The molecule has 1 aromatic rings. The maximum atomic E-state index is 9.74. The van der Waals surface area contributed by atoms with E-state index >= 15 is 0 Å². The summed E-state index contributed by atoms with van der Waals surface area (Å²) in [6.07, 6.45) is 5.89. The number of amidine groups is 1. The van der Waals surface area contributed by atoms with E-state index in [9.17, 15) is 5.11 Å². The zero-order valence-corrected chi connectivity index (χ0v) is 12.4. The number of aromatic nitrogens is 1. The average Bonchev–Trinajstić information content (AvgIpc) is 2.54. The van der Waals surface area contributed by atoms with Crippen molar-refractivity contribution in [3.63, 3.8) is 0 Å². The van der Waals surface area contributed by atoms with Crippen LogP contribution in [0.25, 0.3) is 0 Å². The monoisotopic (exact) mass is 292 g/mol. The van der Waals surface area contributed by atoms with Gasteiger partial charge in [-0.25, -0.2) is 0 Å². The van der Waals surface area contributed by atoms with Crippen molar-refractivity contribution in [2.45, 2.75) is 44.7 Å². The molecule has 0 unspecified atom stereocenters. The summed E-state index contributed by atoms with van der Waals surface area (Å²) in [5, 5.41) is 24.9. The first kappa shape index (κ1) is 15.7. The van der Waals surface area contributed by atoms with E-state index in [-0.39, 0.29) is 18.0 Å². The highest BCUT2D eigenvalue weighted by atomic mass is 16.4. The van der Waals surface area contributed by atoms with E-state index in [1.54, 1.807) is 12.3 Å². The summed E-state index contributed by atoms with van der Waals surface area (Å²) < 4.78 is 0. The highest BCUT2D eigenvalue weighted by Gasteiger charge is 2.32. The van der Waals surface area contributed by atoms with Crippen LogP contribution >= 0.6 is 0 Å². The Morgan fingerprint density at radius 1 is 1.52 bits per heavy atom. The Balaban J connectivity index is 2.01. The molecule has 1 aromatic heterocycles. The summed E-state index contributed by atoms with van der Waals surface area (Å²) in [5.41, 5.74) is 6.81. The molecule has 0 atom stereocenters. The van der Waals surface area contributed by atoms with Crippen molar-refractivity contribution in [1.29, 1.82) is 0 Å². The number of nitrogens with zero attached hydrogens (tertiary/aromatic N) is 2. The molecule has 0 bridgehead atoms. The molecule has 1 aliphatic rings. The van der Waals surface area contributed by atoms with Gasteiger partial charge in [0, 0.05) is 18.3 Å². The molecule has 0 radical (unpaired) electrons. The highest BCUT2D eigenvalue weighted by Crippen LogP contribution is 2.31. The Labute approximate surface area is 125 Å². The second-order valence-electron chi connectivity index (χ2n) is 6.01. The van der Waals surface area contributed by atoms with Crippen molar-refractivity contribution < 1.29 is 10.3 Å². The van der Waals surface area contributed by atoms with Gasteiger partial charge >= 0.3 is 0 Å². The maximum Gasteiger partial charge on any atom is 0.188 e. The van der Waals surface area contributed by atoms with Gasteiger partial charge in [0.2, 0.25) is 0 Å². The van der Waals surface area contributed by atoms with Gasteiger partial charge in [0.1, 0.15) is 5.69 Å². The maximum absolute atomic E-state index is 9.74. The Kier molecular flexibility index (Phi) is 5.14. The van der Waals surface area contributed by atoms with E-state index in [0.29, 0.717) is 12.2 Å². The molecule has 1 fully saturated rings. The quantitative estimate of drug-likeness (QED) is 0.283. The van der Waals surface area contributed by atoms with Crippen LogP contribution in [0.2, 0.25) is 0 Å². The number of aliphatic hydroxyl groups excluding tert-OH is 1. The van der Waals surface area contributed by atoms with Gasteiger partial charge in [-0.05, 0) is 49.3 Å². The van der Waals surface area contributed by atoms with Gasteiger partial charge < -0.3 is 21.4 Å². The standard InChI is InChI=1S/C15H24N4O2/c1-11-2-5-15(10-20,6-3-11)18-9-12-4-7-17-13(8-12)14(16)19-21/h4,7-8,11,18,20-21H,2-3,5-6,9-10H2,1H3,(H2,16,19). The van der Waals surface area contributed by atoms with Gasteiger partial charge in [-0.2, -0.15) is 0 Å². The molecule has 0 aromatic carbocycles. The highest BCUT2D eigenvalue weighted by molar-refractivity contribution is 5.95. The number of rotatable bonds is 5. The fourth-order valence-electron chi connectivity index (χ4n) is 2.77. The first-order valence-corrected chi connectivity index (χ1v) is 7.37. The van der Waals surface area contributed by atoms with E-state index in [1.807, 2.05) is 6.07 Å². The summed E-state index contributed by atoms with van der Waals surface area (Å²) in [5.74, 6) is 0.736. The average molecular weight is 292 g/mol. The summed E-state index contributed by atoms with van der Waals surface area (Å²) in [6, 6.07) is 3.68. The second-order valence-corrected chi connectivity index (χ2v) is 6.01. The van der Waals surface area contributed by atoms with E-state index in [1.165, 1.54) is 0 Å². The Morgan fingerprint density at radius 3 is 2.86 bits per heavy atom. The third-order valence-electron chi connectivity index (χ3n) is 4.40. The van der Waals surface area contributed by atoms with Gasteiger partial charge in [0.25, 0.3) is 0 Å². The molecule has 21 heavy (non-hydrogen) atoms. The van der Waals surface area contributed by atoms with Crippen molar-refractivity contribution in [3.05, 3.63) is 29.6 Å². The lowest BCUT2D eigenvalue weighted by Gasteiger charge is -2.39. The Morgan fingerprint density at radius 2 is 2.24 bits per heavy atom. The molecule has 1 saturated carbocycles. The lowest BCUT2D eigenvalue weighted by molar-refractivity contribution is 0.104. The smallest absolute Gasteiger partial charge is 0.188 e. The minimum absolute atomic E-state index is 0.000197. The minimum Gasteiger partial charge on any atom is -0.409 e. The minimum atomic E-state index is -0.188. The molecule has 0 aliphatic heterocycles. The summed E-state index contributed by atoms with van der Waals surface area (Å²) in [6.45, 7) is 3.04. The van der Waals surface area contributed by atoms with Crippen molar-refractivity contribution in [1.82, 2.24) is 10.3 Å². The van der Waals surface area contributed by atoms with Crippen molar-refractivity contribution >= 4 is 5.84 Å². The SMILES string of the molecule is CC1CCC(CO)(NCc2ccnc(C(N)=NO)c2)CC1. The number of aliphatic hydroxyl groups is 1. The predicted molar refractivity (Wildman–Crippen MR) is 81.0 cm³/mol. The molecule has 1 heterocycles. The lowest BCUT2D eigenvalue weighted by atomic mass is 9.77. The predicted octanol–water partition coefficient (Wildman–Crippen LogP) is 1.21. The fraction of sp³-hybridized carbons (Fsp3) is 0.600. The summed E-state index contributed by atoms with van der Waals surface area (Å²) in [7, 11) is 0. The van der Waals surface area contributed by atoms with Crippen LogP contribution in [0.1, 0.15) is 43.9 Å². The summed E-state index contributed by atoms with van der Waals surface area (Å²) in [4.78, 5) is 4.06. The lowest BCUT2D eigenvalue weighted by Crippen LogP contribution is -2.50. The van der Waals surface area contributed by atoms with Gasteiger partial charge in [-0.15, -0.1) is 0 Å². The Bertz CT molecular complexity index is 496. The van der Waals surface area contributed by atoms with Gasteiger partial charge in [0.05, 0.1) is 6.61 Å². The van der Waals surface area contributed by atoms with Crippen LogP contribution in [0.3, 0.4) is 0 Å². The second kappa shape index (κ2) is 6.87. The molecule has 6 heteroatoms. The first-order valence-electron chi connectivity index (χ1n) is 7.37. The molecule has 6 nitrogen and oxygen atoms in total. The molecular weight excluding hydrogens is 268 g/mol. The zero-order chi connectivity index (χ0) is 15.3. The van der Waals surface area contributed by atoms with Crippen molar-refractivity contribution in [2.24, 2.45) is 16.8 Å². The van der Waals surface area contributed by atoms with Crippen LogP contribution in [0, 0.1) is 5.92 Å². The molecule has 0 saturated heterocycles. The molecule has 1 aliphatic carbocycles. The van der Waals surface area contributed by atoms with Crippen molar-refractivity contribution in [2.75, 3.05) is 6.61 Å². The molecular formula is C15H24N4O2. The fourth-order valence-corrected chi connectivity index (χ4v) is 2.77. The van der Waals surface area contributed by atoms with Crippen LogP contribution in [-0.4, -0.2) is 33.3 Å². The molecule has 5 N–H and O–H groups in total. The van der Waals surface area contributed by atoms with Gasteiger partial charge in [-0.1, -0.05) is 12.1 Å². The number of pyridine rings is 1. The third kappa shape index (κ3) is 3.92. The number of nitrogens with two attached hydrogens (primary N) is 1. The van der Waals surface area contributed by atoms with Crippen LogP contribution in [-0.2, 0) is 6.54 Å². The van der Waals surface area contributed by atoms with Crippen LogP contribution in [0.15, 0.2) is 23.5 Å². The topological polar surface area (TPSA) is 104 Å². The van der Waals surface area contributed by atoms with Crippen LogP contribution < -0.4 is 11.1 Å². The largest absolute Gasteiger partial charge is 0.409 e. The molecule has 0 amide bonds. The van der Waals surface area contributed by atoms with Gasteiger partial charge in [-0.3, -0.25) is 4.98 Å². The van der Waals surface area contributed by atoms with Crippen molar-refractivity contribution in [3.8, 4) is 0 Å². The first-order chi connectivity index (χ1) is 10.1. The number of hydrogen-bond acceptors (Lipinski definition) is 5. The molecule has 2 rings (SSSR count). The molecule has 116 valence electrons. The number of hydrogen-bond donors (Lipinski definition) is 4. The number of oxime groups is 1. The van der Waals surface area contributed by atoms with E-state index in [0.717, 1.165) is 37.2 Å². The zero-order valence-electron chi connectivity index (χ0n) is 12.4. The number of nitrogens with one attached hydrogen (secondary N) is 1. The van der Waals surface area contributed by atoms with E-state index in [2.05, 4.69) is 22.4 Å². The summed E-state index contributed by atoms with van der Waals surface area (Å²) >= 11 is 0. The Hall–Kier alpha value is -1.66.